The molecule has 2 aromatic heterocycles. The molecule has 24 heavy (non-hydrogen) atoms. The molecule has 2 saturated carbocycles. The number of carbonyl (C=O) groups is 1. The van der Waals surface area contributed by atoms with E-state index in [9.17, 15) is 4.79 Å². The highest BCUT2D eigenvalue weighted by Crippen LogP contribution is 2.44. The molecule has 2 heterocycles. The molecule has 2 aliphatic rings. The van der Waals surface area contributed by atoms with E-state index in [4.69, 9.17) is 0 Å². The minimum absolute atomic E-state index is 0.0621. The van der Waals surface area contributed by atoms with Crippen LogP contribution in [0.3, 0.4) is 0 Å². The lowest BCUT2D eigenvalue weighted by molar-refractivity contribution is -0.120. The predicted molar refractivity (Wildman–Crippen MR) is 91.6 cm³/mol. The van der Waals surface area contributed by atoms with Crippen molar-refractivity contribution in [2.24, 2.45) is 11.8 Å². The Hall–Kier alpha value is -2.18. The van der Waals surface area contributed by atoms with E-state index in [-0.39, 0.29) is 5.91 Å². The predicted octanol–water partition coefficient (Wildman–Crippen LogP) is 1.87. The molecule has 7 nitrogen and oxygen atoms in total. The van der Waals surface area contributed by atoms with E-state index >= 15 is 0 Å². The second kappa shape index (κ2) is 6.37. The van der Waals surface area contributed by atoms with E-state index in [1.54, 1.807) is 6.33 Å². The molecule has 0 radical (unpaired) electrons. The third-order valence-corrected chi connectivity index (χ3v) is 5.39. The maximum atomic E-state index is 12.4. The van der Waals surface area contributed by atoms with Gasteiger partial charge >= 0.3 is 0 Å². The summed E-state index contributed by atoms with van der Waals surface area (Å²) in [7, 11) is 1.87. The van der Waals surface area contributed by atoms with Crippen molar-refractivity contribution >= 4 is 22.9 Å². The summed E-state index contributed by atoms with van der Waals surface area (Å²) in [6.45, 7) is 0.291. The summed E-state index contributed by atoms with van der Waals surface area (Å²) in [6.07, 6.45) is 11.0. The van der Waals surface area contributed by atoms with Gasteiger partial charge in [0, 0.05) is 13.1 Å². The van der Waals surface area contributed by atoms with Crippen LogP contribution in [0, 0.1) is 11.8 Å². The Labute approximate surface area is 141 Å². The van der Waals surface area contributed by atoms with E-state index in [0.717, 1.165) is 17.9 Å². The van der Waals surface area contributed by atoms with Gasteiger partial charge < -0.3 is 15.2 Å². The second-order valence-corrected chi connectivity index (χ2v) is 7.13. The van der Waals surface area contributed by atoms with Crippen molar-refractivity contribution in [3.05, 3.63) is 12.7 Å². The second-order valence-electron chi connectivity index (χ2n) is 7.13. The molecule has 2 fully saturated rings. The van der Waals surface area contributed by atoms with Crippen LogP contribution in [-0.2, 0) is 4.79 Å². The Balaban J connectivity index is 1.32. The standard InChI is InChI=1S/C17H24N6O/c1-23(17-15-16(19-9-18-15)20-10-21-17)8-14(24)22-13-7-12(13)11-5-3-2-4-6-11/h9-13H,2-8H2,1H3,(H,22,24)(H,18,19,20,21)/t12-,13+/m1/s1. The molecule has 0 aliphatic heterocycles. The number of H-pyrrole nitrogens is 1. The average Bonchev–Trinajstić information content (AvgIpc) is 3.18. The van der Waals surface area contributed by atoms with Gasteiger partial charge in [0.15, 0.2) is 11.5 Å². The number of rotatable bonds is 5. The number of hydrogen-bond acceptors (Lipinski definition) is 5. The first-order valence-electron chi connectivity index (χ1n) is 8.87. The number of likely N-dealkylation sites (N-methyl/N-ethyl adjacent to an activating group) is 1. The smallest absolute Gasteiger partial charge is 0.239 e. The molecule has 4 rings (SSSR count). The van der Waals surface area contributed by atoms with Crippen LogP contribution in [0.5, 0.6) is 0 Å². The third kappa shape index (κ3) is 3.07. The van der Waals surface area contributed by atoms with Gasteiger partial charge in [-0.1, -0.05) is 32.1 Å². The fourth-order valence-electron chi connectivity index (χ4n) is 4.05. The number of aromatic nitrogens is 4. The summed E-state index contributed by atoms with van der Waals surface area (Å²) in [5.41, 5.74) is 1.38. The number of hydrogen-bond donors (Lipinski definition) is 2. The Morgan fingerprint density at radius 2 is 2.12 bits per heavy atom. The minimum atomic E-state index is 0.0621. The number of nitrogens with one attached hydrogen (secondary N) is 2. The van der Waals surface area contributed by atoms with Gasteiger partial charge in [-0.3, -0.25) is 4.79 Å². The van der Waals surface area contributed by atoms with Gasteiger partial charge in [-0.25, -0.2) is 15.0 Å². The molecule has 0 saturated heterocycles. The van der Waals surface area contributed by atoms with Gasteiger partial charge in [-0.15, -0.1) is 0 Å². The van der Waals surface area contributed by atoms with Crippen LogP contribution < -0.4 is 10.2 Å². The Kier molecular flexibility index (Phi) is 4.08. The number of fused-ring (bicyclic) bond motifs is 1. The number of nitrogens with zero attached hydrogens (tertiary/aromatic N) is 4. The summed E-state index contributed by atoms with van der Waals surface area (Å²) in [4.78, 5) is 29.7. The maximum Gasteiger partial charge on any atom is 0.239 e. The van der Waals surface area contributed by atoms with Crippen molar-refractivity contribution in [1.29, 1.82) is 0 Å². The van der Waals surface area contributed by atoms with Crippen molar-refractivity contribution < 1.29 is 4.79 Å². The zero-order valence-corrected chi connectivity index (χ0v) is 14.0. The first-order valence-corrected chi connectivity index (χ1v) is 8.87. The normalized spacial score (nSPS) is 24.0. The van der Waals surface area contributed by atoms with E-state index in [1.807, 2.05) is 11.9 Å². The van der Waals surface area contributed by atoms with Gasteiger partial charge in [0.1, 0.15) is 11.8 Å². The number of amides is 1. The highest BCUT2D eigenvalue weighted by Gasteiger charge is 2.43. The number of imidazole rings is 1. The van der Waals surface area contributed by atoms with Crippen LogP contribution in [0.2, 0.25) is 0 Å². The summed E-state index contributed by atoms with van der Waals surface area (Å²) in [5.74, 6) is 2.30. The molecule has 128 valence electrons. The molecule has 0 spiro atoms. The molecule has 2 N–H and O–H groups in total. The molecule has 2 atom stereocenters. The van der Waals surface area contributed by atoms with Crippen molar-refractivity contribution in [1.82, 2.24) is 25.3 Å². The quantitative estimate of drug-likeness (QED) is 0.875. The summed E-state index contributed by atoms with van der Waals surface area (Å²) in [6, 6.07) is 0.381. The van der Waals surface area contributed by atoms with Gasteiger partial charge in [0.05, 0.1) is 12.9 Å². The molecular weight excluding hydrogens is 304 g/mol. The Morgan fingerprint density at radius 3 is 2.96 bits per heavy atom. The molecule has 0 bridgehead atoms. The lowest BCUT2D eigenvalue weighted by atomic mass is 9.85. The van der Waals surface area contributed by atoms with E-state index in [1.165, 1.54) is 38.4 Å². The first-order chi connectivity index (χ1) is 11.7. The Bertz CT molecular complexity index is 723. The van der Waals surface area contributed by atoms with E-state index < -0.39 is 0 Å². The molecule has 2 aliphatic carbocycles. The zero-order valence-electron chi connectivity index (χ0n) is 14.0. The van der Waals surface area contributed by atoms with Crippen molar-refractivity contribution in [3.8, 4) is 0 Å². The van der Waals surface area contributed by atoms with Crippen LogP contribution in [0.1, 0.15) is 38.5 Å². The van der Waals surface area contributed by atoms with E-state index in [2.05, 4.69) is 25.3 Å². The van der Waals surface area contributed by atoms with Gasteiger partial charge in [-0.05, 0) is 18.3 Å². The minimum Gasteiger partial charge on any atom is -0.352 e. The number of aromatic amines is 1. The lowest BCUT2D eigenvalue weighted by Crippen LogP contribution is -2.37. The molecule has 0 aromatic carbocycles. The zero-order chi connectivity index (χ0) is 16.5. The largest absolute Gasteiger partial charge is 0.352 e. The van der Waals surface area contributed by atoms with Crippen LogP contribution in [0.15, 0.2) is 12.7 Å². The number of carbonyl (C=O) groups excluding carboxylic acids is 1. The summed E-state index contributed by atoms with van der Waals surface area (Å²) < 4.78 is 0. The topological polar surface area (TPSA) is 86.8 Å². The molecule has 0 unspecified atom stereocenters. The van der Waals surface area contributed by atoms with Gasteiger partial charge in [0.25, 0.3) is 0 Å². The Morgan fingerprint density at radius 1 is 1.29 bits per heavy atom. The van der Waals surface area contributed by atoms with Crippen LogP contribution >= 0.6 is 0 Å². The van der Waals surface area contributed by atoms with Crippen LogP contribution in [0.25, 0.3) is 11.2 Å². The highest BCUT2D eigenvalue weighted by molar-refractivity contribution is 5.87. The molecule has 1 amide bonds. The highest BCUT2D eigenvalue weighted by atomic mass is 16.2. The average molecular weight is 328 g/mol. The first kappa shape index (κ1) is 15.4. The van der Waals surface area contributed by atoms with Crippen molar-refractivity contribution in [2.45, 2.75) is 44.6 Å². The molecular formula is C17H24N6O. The van der Waals surface area contributed by atoms with Crippen molar-refractivity contribution in [2.75, 3.05) is 18.5 Å². The van der Waals surface area contributed by atoms with E-state index in [0.29, 0.717) is 30.0 Å². The number of anilines is 1. The molecule has 7 heteroatoms. The SMILES string of the molecule is CN(CC(=O)N[C@H]1C[C@@H]1C1CCCCC1)c1ncnc2nc[nH]c12. The monoisotopic (exact) mass is 328 g/mol. The summed E-state index contributed by atoms with van der Waals surface area (Å²) >= 11 is 0. The third-order valence-electron chi connectivity index (χ3n) is 5.39. The lowest BCUT2D eigenvalue weighted by Gasteiger charge is -2.22. The fourth-order valence-corrected chi connectivity index (χ4v) is 4.05. The van der Waals surface area contributed by atoms with Crippen LogP contribution in [-0.4, -0.2) is 45.5 Å². The van der Waals surface area contributed by atoms with Gasteiger partial charge in [0.2, 0.25) is 5.91 Å². The van der Waals surface area contributed by atoms with Crippen LogP contribution in [0.4, 0.5) is 5.82 Å². The molecule has 2 aromatic rings. The van der Waals surface area contributed by atoms with Gasteiger partial charge in [-0.2, -0.15) is 0 Å². The fraction of sp³-hybridized carbons (Fsp3) is 0.647. The van der Waals surface area contributed by atoms with Crippen molar-refractivity contribution in [3.63, 3.8) is 0 Å². The summed E-state index contributed by atoms with van der Waals surface area (Å²) in [5, 5.41) is 3.19. The maximum absolute atomic E-state index is 12.4.